The maximum absolute atomic E-state index is 13.3. The summed E-state index contributed by atoms with van der Waals surface area (Å²) in [5.74, 6) is 1.11. The number of aromatic nitrogens is 2. The van der Waals surface area contributed by atoms with Gasteiger partial charge in [0.25, 0.3) is 5.91 Å². The lowest BCUT2D eigenvalue weighted by Crippen LogP contribution is -2.49. The van der Waals surface area contributed by atoms with Gasteiger partial charge in [0.1, 0.15) is 12.1 Å². The van der Waals surface area contributed by atoms with Crippen molar-refractivity contribution < 1.29 is 9.59 Å². The maximum atomic E-state index is 13.3. The molecule has 2 aliphatic rings. The predicted octanol–water partition coefficient (Wildman–Crippen LogP) is 3.40. The van der Waals surface area contributed by atoms with Gasteiger partial charge in [0, 0.05) is 56.7 Å². The Balaban J connectivity index is 1.31. The SMILES string of the molecule is CCC(=O)N1CCN(c2ncnc3c2CN(C(=O)c2ccc(-c4ccccc4)cc2)CC3)CC1. The zero-order valence-electron chi connectivity index (χ0n) is 19.5. The van der Waals surface area contributed by atoms with Crippen LogP contribution >= 0.6 is 0 Å². The van der Waals surface area contributed by atoms with Gasteiger partial charge in [0.15, 0.2) is 0 Å². The van der Waals surface area contributed by atoms with Crippen LogP contribution in [0.2, 0.25) is 0 Å². The van der Waals surface area contributed by atoms with Gasteiger partial charge in [-0.05, 0) is 23.3 Å². The fraction of sp³-hybridized carbons (Fsp3) is 0.333. The lowest BCUT2D eigenvalue weighted by atomic mass is 10.0. The molecule has 0 radical (unpaired) electrons. The van der Waals surface area contributed by atoms with E-state index < -0.39 is 0 Å². The number of carbonyl (C=O) groups excluding carboxylic acids is 2. The molecule has 5 rings (SSSR count). The minimum Gasteiger partial charge on any atom is -0.353 e. The van der Waals surface area contributed by atoms with Crippen LogP contribution in [0.25, 0.3) is 11.1 Å². The summed E-state index contributed by atoms with van der Waals surface area (Å²) < 4.78 is 0. The fourth-order valence-corrected chi connectivity index (χ4v) is 4.78. The molecular weight excluding hydrogens is 426 g/mol. The highest BCUT2D eigenvalue weighted by Crippen LogP contribution is 2.28. The Labute approximate surface area is 200 Å². The Hall–Kier alpha value is -3.74. The van der Waals surface area contributed by atoms with Gasteiger partial charge in [-0.15, -0.1) is 0 Å². The number of carbonyl (C=O) groups is 2. The molecule has 0 spiro atoms. The molecule has 2 aliphatic heterocycles. The number of nitrogens with zero attached hydrogens (tertiary/aromatic N) is 5. The Morgan fingerprint density at radius 3 is 2.24 bits per heavy atom. The molecule has 0 N–H and O–H groups in total. The molecule has 0 unspecified atom stereocenters. The highest BCUT2D eigenvalue weighted by Gasteiger charge is 2.29. The van der Waals surface area contributed by atoms with Crippen molar-refractivity contribution in [2.24, 2.45) is 0 Å². The summed E-state index contributed by atoms with van der Waals surface area (Å²) in [6.07, 6.45) is 2.87. The molecule has 0 atom stereocenters. The minimum absolute atomic E-state index is 0.0263. The lowest BCUT2D eigenvalue weighted by Gasteiger charge is -2.37. The van der Waals surface area contributed by atoms with Crippen LogP contribution in [0.4, 0.5) is 5.82 Å². The van der Waals surface area contributed by atoms with Crippen molar-refractivity contribution in [3.05, 3.63) is 77.7 Å². The van der Waals surface area contributed by atoms with Crippen LogP contribution in [0, 0.1) is 0 Å². The second-order valence-corrected chi connectivity index (χ2v) is 8.76. The van der Waals surface area contributed by atoms with E-state index in [1.807, 2.05) is 59.2 Å². The topological polar surface area (TPSA) is 69.6 Å². The van der Waals surface area contributed by atoms with E-state index in [9.17, 15) is 9.59 Å². The number of hydrogen-bond donors (Lipinski definition) is 0. The molecule has 1 aromatic heterocycles. The predicted molar refractivity (Wildman–Crippen MR) is 131 cm³/mol. The molecule has 3 heterocycles. The number of benzene rings is 2. The number of hydrogen-bond acceptors (Lipinski definition) is 5. The largest absolute Gasteiger partial charge is 0.353 e. The van der Waals surface area contributed by atoms with E-state index in [0.29, 0.717) is 44.6 Å². The first kappa shape index (κ1) is 22.1. The summed E-state index contributed by atoms with van der Waals surface area (Å²) in [5, 5.41) is 0. The van der Waals surface area contributed by atoms with E-state index >= 15 is 0 Å². The Morgan fingerprint density at radius 2 is 1.53 bits per heavy atom. The molecular formula is C27H29N5O2. The monoisotopic (exact) mass is 455 g/mol. The molecule has 1 fully saturated rings. The first-order valence-corrected chi connectivity index (χ1v) is 11.9. The third-order valence-corrected chi connectivity index (χ3v) is 6.74. The molecule has 3 aromatic rings. The van der Waals surface area contributed by atoms with Gasteiger partial charge < -0.3 is 14.7 Å². The number of fused-ring (bicyclic) bond motifs is 1. The summed E-state index contributed by atoms with van der Waals surface area (Å²) in [4.78, 5) is 40.5. The molecule has 7 nitrogen and oxygen atoms in total. The second kappa shape index (κ2) is 9.63. The third-order valence-electron chi connectivity index (χ3n) is 6.74. The molecule has 2 amide bonds. The molecule has 34 heavy (non-hydrogen) atoms. The van der Waals surface area contributed by atoms with Gasteiger partial charge in [-0.3, -0.25) is 9.59 Å². The smallest absolute Gasteiger partial charge is 0.254 e. The second-order valence-electron chi connectivity index (χ2n) is 8.76. The van der Waals surface area contributed by atoms with Crippen molar-refractivity contribution in [3.63, 3.8) is 0 Å². The quantitative estimate of drug-likeness (QED) is 0.603. The van der Waals surface area contributed by atoms with E-state index in [-0.39, 0.29) is 11.8 Å². The molecule has 2 aromatic carbocycles. The van der Waals surface area contributed by atoms with Crippen molar-refractivity contribution in [1.29, 1.82) is 0 Å². The standard InChI is InChI=1S/C27H29N5O2/c1-2-25(33)30-14-16-31(17-15-30)26-23-18-32(13-12-24(23)28-19-29-26)27(34)22-10-8-21(9-11-22)20-6-4-3-5-7-20/h3-11,19H,2,12-18H2,1H3. The van der Waals surface area contributed by atoms with Gasteiger partial charge >= 0.3 is 0 Å². The van der Waals surface area contributed by atoms with E-state index in [1.165, 1.54) is 0 Å². The summed E-state index contributed by atoms with van der Waals surface area (Å²) in [5.41, 5.74) is 4.96. The van der Waals surface area contributed by atoms with Crippen molar-refractivity contribution in [2.75, 3.05) is 37.6 Å². The van der Waals surface area contributed by atoms with E-state index in [4.69, 9.17) is 0 Å². The fourth-order valence-electron chi connectivity index (χ4n) is 4.78. The first-order valence-electron chi connectivity index (χ1n) is 11.9. The number of piperazine rings is 1. The van der Waals surface area contributed by atoms with Crippen LogP contribution in [-0.4, -0.2) is 64.3 Å². The van der Waals surface area contributed by atoms with Crippen molar-refractivity contribution in [1.82, 2.24) is 19.8 Å². The normalized spacial score (nSPS) is 15.7. The van der Waals surface area contributed by atoms with Crippen LogP contribution in [0.1, 0.15) is 35.0 Å². The third kappa shape index (κ3) is 4.38. The van der Waals surface area contributed by atoms with Gasteiger partial charge in [-0.2, -0.15) is 0 Å². The zero-order chi connectivity index (χ0) is 23.5. The molecule has 174 valence electrons. The molecule has 7 heteroatoms. The number of amides is 2. The number of rotatable bonds is 4. The summed E-state index contributed by atoms with van der Waals surface area (Å²) in [6.45, 7) is 5.91. The van der Waals surface area contributed by atoms with Gasteiger partial charge in [0.05, 0.1) is 12.2 Å². The van der Waals surface area contributed by atoms with Crippen LogP contribution < -0.4 is 4.90 Å². The summed E-state index contributed by atoms with van der Waals surface area (Å²) in [7, 11) is 0. The van der Waals surface area contributed by atoms with Gasteiger partial charge in [-0.1, -0.05) is 49.4 Å². The van der Waals surface area contributed by atoms with Gasteiger partial charge in [0.2, 0.25) is 5.91 Å². The Morgan fingerprint density at radius 1 is 0.824 bits per heavy atom. The molecule has 0 aliphatic carbocycles. The minimum atomic E-state index is 0.0263. The molecule has 0 bridgehead atoms. The highest BCUT2D eigenvalue weighted by atomic mass is 16.2. The average molecular weight is 456 g/mol. The summed E-state index contributed by atoms with van der Waals surface area (Å²) >= 11 is 0. The van der Waals surface area contributed by atoms with E-state index in [0.717, 1.165) is 41.3 Å². The molecule has 0 saturated carbocycles. The lowest BCUT2D eigenvalue weighted by molar-refractivity contribution is -0.131. The average Bonchev–Trinajstić information content (AvgIpc) is 2.92. The zero-order valence-corrected chi connectivity index (χ0v) is 19.5. The Bertz CT molecular complexity index is 1170. The van der Waals surface area contributed by atoms with Crippen LogP contribution in [0.5, 0.6) is 0 Å². The summed E-state index contributed by atoms with van der Waals surface area (Å²) in [6, 6.07) is 18.0. The van der Waals surface area contributed by atoms with Crippen LogP contribution in [0.15, 0.2) is 60.9 Å². The number of anilines is 1. The van der Waals surface area contributed by atoms with E-state index in [1.54, 1.807) is 6.33 Å². The van der Waals surface area contributed by atoms with Crippen LogP contribution in [-0.2, 0) is 17.8 Å². The Kier molecular flexibility index (Phi) is 6.25. The van der Waals surface area contributed by atoms with Crippen molar-refractivity contribution in [3.8, 4) is 11.1 Å². The van der Waals surface area contributed by atoms with Crippen molar-refractivity contribution in [2.45, 2.75) is 26.3 Å². The van der Waals surface area contributed by atoms with Gasteiger partial charge in [-0.25, -0.2) is 9.97 Å². The maximum Gasteiger partial charge on any atom is 0.254 e. The first-order chi connectivity index (χ1) is 16.6. The highest BCUT2D eigenvalue weighted by molar-refractivity contribution is 5.95. The van der Waals surface area contributed by atoms with E-state index in [2.05, 4.69) is 27.0 Å². The molecule has 1 saturated heterocycles. The van der Waals surface area contributed by atoms with Crippen LogP contribution in [0.3, 0.4) is 0 Å². The van der Waals surface area contributed by atoms with Crippen molar-refractivity contribution >= 4 is 17.6 Å².